The lowest BCUT2D eigenvalue weighted by atomic mass is 10.2. The summed E-state index contributed by atoms with van der Waals surface area (Å²) in [5.74, 6) is 0.291. The predicted octanol–water partition coefficient (Wildman–Crippen LogP) is 3.88. The van der Waals surface area contributed by atoms with Crippen LogP contribution in [0.3, 0.4) is 0 Å². The molecular weight excluding hydrogens is 356 g/mol. The number of amides is 1. The van der Waals surface area contributed by atoms with Gasteiger partial charge in [0.15, 0.2) is 0 Å². The van der Waals surface area contributed by atoms with Crippen molar-refractivity contribution in [3.8, 4) is 5.75 Å². The van der Waals surface area contributed by atoms with E-state index < -0.39 is 0 Å². The number of carbonyl (C=O) groups is 1. The first-order chi connectivity index (χ1) is 10.1. The maximum absolute atomic E-state index is 11.9. The van der Waals surface area contributed by atoms with Crippen LogP contribution in [0.2, 0.25) is 5.02 Å². The van der Waals surface area contributed by atoms with Crippen molar-refractivity contribution in [2.75, 3.05) is 7.11 Å². The molecule has 2 aromatic rings. The minimum Gasteiger partial charge on any atom is -0.496 e. The largest absolute Gasteiger partial charge is 0.496 e. The number of carbonyl (C=O) groups excluding carboxylic acids is 1. The molecule has 21 heavy (non-hydrogen) atoms. The molecule has 0 aliphatic rings. The number of hydrogen-bond acceptors (Lipinski definition) is 3. The van der Waals surface area contributed by atoms with Gasteiger partial charge in [0.25, 0.3) is 5.91 Å². The van der Waals surface area contributed by atoms with Gasteiger partial charge in [0.2, 0.25) is 0 Å². The summed E-state index contributed by atoms with van der Waals surface area (Å²) in [6.45, 7) is 0. The Bertz CT molecular complexity index is 689. The molecule has 0 aliphatic heterocycles. The Labute approximate surface area is 135 Å². The van der Waals surface area contributed by atoms with Crippen molar-refractivity contribution < 1.29 is 9.53 Å². The number of halogens is 2. The second kappa shape index (κ2) is 7.24. The molecular formula is C15H12BrClN2O2. The highest BCUT2D eigenvalue weighted by atomic mass is 79.9. The average molecular weight is 368 g/mol. The molecule has 0 radical (unpaired) electrons. The lowest BCUT2D eigenvalue weighted by Crippen LogP contribution is -2.18. The van der Waals surface area contributed by atoms with E-state index in [1.807, 2.05) is 12.1 Å². The molecule has 0 saturated heterocycles. The van der Waals surface area contributed by atoms with Crippen LogP contribution < -0.4 is 10.2 Å². The van der Waals surface area contributed by atoms with Crippen molar-refractivity contribution in [2.24, 2.45) is 5.10 Å². The first kappa shape index (κ1) is 15.5. The maximum Gasteiger partial charge on any atom is 0.272 e. The molecule has 0 fully saturated rings. The normalized spacial score (nSPS) is 10.6. The van der Waals surface area contributed by atoms with Crippen LogP contribution in [0.4, 0.5) is 0 Å². The smallest absolute Gasteiger partial charge is 0.272 e. The highest BCUT2D eigenvalue weighted by Crippen LogP contribution is 2.21. The zero-order valence-corrected chi connectivity index (χ0v) is 13.5. The molecule has 0 saturated carbocycles. The van der Waals surface area contributed by atoms with Crippen LogP contribution >= 0.6 is 27.5 Å². The predicted molar refractivity (Wildman–Crippen MR) is 87.2 cm³/mol. The zero-order valence-electron chi connectivity index (χ0n) is 11.1. The highest BCUT2D eigenvalue weighted by molar-refractivity contribution is 9.10. The Balaban J connectivity index is 2.11. The Morgan fingerprint density at radius 2 is 2.10 bits per heavy atom. The molecule has 2 aromatic carbocycles. The van der Waals surface area contributed by atoms with Gasteiger partial charge in [0, 0.05) is 10.0 Å². The number of nitrogens with one attached hydrogen (secondary N) is 1. The van der Waals surface area contributed by atoms with E-state index >= 15 is 0 Å². The molecule has 6 heteroatoms. The van der Waals surface area contributed by atoms with Gasteiger partial charge in [-0.15, -0.1) is 0 Å². The fraction of sp³-hybridized carbons (Fsp3) is 0.0667. The molecule has 0 aliphatic carbocycles. The summed E-state index contributed by atoms with van der Waals surface area (Å²) < 4.78 is 6.11. The molecule has 1 N–H and O–H groups in total. The highest BCUT2D eigenvalue weighted by Gasteiger charge is 2.08. The molecule has 0 aromatic heterocycles. The van der Waals surface area contributed by atoms with Gasteiger partial charge in [0.1, 0.15) is 5.75 Å². The standard InChI is InChI=1S/C15H12BrClN2O2/c1-21-14-7-6-11(16)8-10(14)9-18-19-15(20)12-4-2-3-5-13(12)17/h2-9H,1H3,(H,19,20). The van der Waals surface area contributed by atoms with Crippen molar-refractivity contribution in [1.82, 2.24) is 5.43 Å². The van der Waals surface area contributed by atoms with Gasteiger partial charge < -0.3 is 4.74 Å². The Morgan fingerprint density at radius 1 is 1.33 bits per heavy atom. The van der Waals surface area contributed by atoms with Gasteiger partial charge >= 0.3 is 0 Å². The Kier molecular flexibility index (Phi) is 5.36. The fourth-order valence-electron chi connectivity index (χ4n) is 1.67. The van der Waals surface area contributed by atoms with E-state index in [1.165, 1.54) is 6.21 Å². The van der Waals surface area contributed by atoms with E-state index in [4.69, 9.17) is 16.3 Å². The molecule has 108 valence electrons. The first-order valence-electron chi connectivity index (χ1n) is 6.03. The van der Waals surface area contributed by atoms with Crippen LogP contribution in [-0.2, 0) is 0 Å². The second-order valence-corrected chi connectivity index (χ2v) is 5.39. The van der Waals surface area contributed by atoms with Crippen LogP contribution in [0.5, 0.6) is 5.75 Å². The van der Waals surface area contributed by atoms with Crippen molar-refractivity contribution in [1.29, 1.82) is 0 Å². The van der Waals surface area contributed by atoms with E-state index in [9.17, 15) is 4.79 Å². The third kappa shape index (κ3) is 4.06. The summed E-state index contributed by atoms with van der Waals surface area (Å²) in [4.78, 5) is 11.9. The minimum atomic E-state index is -0.370. The summed E-state index contributed by atoms with van der Waals surface area (Å²) in [5, 5.41) is 4.30. The fourth-order valence-corrected chi connectivity index (χ4v) is 2.27. The summed E-state index contributed by atoms with van der Waals surface area (Å²) in [6.07, 6.45) is 1.51. The van der Waals surface area contributed by atoms with Gasteiger partial charge in [-0.1, -0.05) is 39.7 Å². The summed E-state index contributed by atoms with van der Waals surface area (Å²) in [6, 6.07) is 12.3. The number of methoxy groups -OCH3 is 1. The number of hydrazone groups is 1. The lowest BCUT2D eigenvalue weighted by molar-refractivity contribution is 0.0955. The molecule has 1 amide bonds. The van der Waals surface area contributed by atoms with E-state index in [2.05, 4.69) is 26.5 Å². The zero-order chi connectivity index (χ0) is 15.2. The van der Waals surface area contributed by atoms with Crippen molar-refractivity contribution in [3.63, 3.8) is 0 Å². The third-order valence-corrected chi connectivity index (χ3v) is 3.50. The third-order valence-electron chi connectivity index (χ3n) is 2.68. The number of nitrogens with zero attached hydrogens (tertiary/aromatic N) is 1. The van der Waals surface area contributed by atoms with Crippen LogP contribution in [0.25, 0.3) is 0 Å². The number of hydrogen-bond donors (Lipinski definition) is 1. The van der Waals surface area contributed by atoms with Crippen molar-refractivity contribution in [2.45, 2.75) is 0 Å². The maximum atomic E-state index is 11.9. The molecule has 4 nitrogen and oxygen atoms in total. The average Bonchev–Trinajstić information content (AvgIpc) is 2.48. The van der Waals surface area contributed by atoms with Gasteiger partial charge in [0.05, 0.1) is 23.9 Å². The van der Waals surface area contributed by atoms with Gasteiger partial charge in [-0.05, 0) is 30.3 Å². The minimum absolute atomic E-state index is 0.370. The van der Waals surface area contributed by atoms with Crippen LogP contribution in [0, 0.1) is 0 Å². The number of rotatable bonds is 4. The summed E-state index contributed by atoms with van der Waals surface area (Å²) >= 11 is 9.32. The lowest BCUT2D eigenvalue weighted by Gasteiger charge is -2.05. The SMILES string of the molecule is COc1ccc(Br)cc1C=NNC(=O)c1ccccc1Cl. The van der Waals surface area contributed by atoms with Crippen molar-refractivity contribution >= 4 is 39.7 Å². The molecule has 0 spiro atoms. The number of ether oxygens (including phenoxy) is 1. The van der Waals surface area contributed by atoms with Crippen LogP contribution in [0.15, 0.2) is 52.0 Å². The summed E-state index contributed by atoms with van der Waals surface area (Å²) in [7, 11) is 1.57. The molecule has 0 unspecified atom stereocenters. The molecule has 2 rings (SSSR count). The van der Waals surface area contributed by atoms with Gasteiger partial charge in [-0.25, -0.2) is 5.43 Å². The first-order valence-corrected chi connectivity index (χ1v) is 7.20. The Hall–Kier alpha value is -1.85. The Morgan fingerprint density at radius 3 is 2.81 bits per heavy atom. The molecule has 0 bridgehead atoms. The molecule has 0 heterocycles. The van der Waals surface area contributed by atoms with E-state index in [1.54, 1.807) is 37.4 Å². The van der Waals surface area contributed by atoms with Gasteiger partial charge in [-0.2, -0.15) is 5.10 Å². The van der Waals surface area contributed by atoms with Crippen LogP contribution in [0.1, 0.15) is 15.9 Å². The van der Waals surface area contributed by atoms with E-state index in [0.717, 1.165) is 10.0 Å². The number of benzene rings is 2. The second-order valence-electron chi connectivity index (χ2n) is 4.07. The van der Waals surface area contributed by atoms with E-state index in [0.29, 0.717) is 16.3 Å². The van der Waals surface area contributed by atoms with E-state index in [-0.39, 0.29) is 5.91 Å². The summed E-state index contributed by atoms with van der Waals surface area (Å²) in [5.41, 5.74) is 3.55. The topological polar surface area (TPSA) is 50.7 Å². The van der Waals surface area contributed by atoms with Crippen LogP contribution in [-0.4, -0.2) is 19.2 Å². The van der Waals surface area contributed by atoms with Gasteiger partial charge in [-0.3, -0.25) is 4.79 Å². The monoisotopic (exact) mass is 366 g/mol. The quantitative estimate of drug-likeness (QED) is 0.659. The van der Waals surface area contributed by atoms with Crippen molar-refractivity contribution in [3.05, 3.63) is 63.1 Å². The molecule has 0 atom stereocenters.